The highest BCUT2D eigenvalue weighted by Gasteiger charge is 2.25. The third-order valence-electron chi connectivity index (χ3n) is 6.43. The molecule has 0 aliphatic carbocycles. The lowest BCUT2D eigenvalue weighted by atomic mass is 10.1. The zero-order valence-corrected chi connectivity index (χ0v) is 20.1. The first-order chi connectivity index (χ1) is 18.1. The van der Waals surface area contributed by atoms with Crippen LogP contribution in [0.25, 0.3) is 11.1 Å². The molecule has 184 valence electrons. The number of anilines is 4. The molecule has 4 aromatic heterocycles. The van der Waals surface area contributed by atoms with Gasteiger partial charge in [0.2, 0.25) is 5.95 Å². The second-order valence-electron chi connectivity index (χ2n) is 8.75. The molecule has 1 amide bonds. The highest BCUT2D eigenvalue weighted by atomic mass is 16.2. The quantitative estimate of drug-likeness (QED) is 0.328. The zero-order valence-electron chi connectivity index (χ0n) is 20.1. The maximum Gasteiger partial charge on any atom is 0.272 e. The molecule has 1 aliphatic heterocycles. The summed E-state index contributed by atoms with van der Waals surface area (Å²) >= 11 is 0. The highest BCUT2D eigenvalue weighted by molar-refractivity contribution is 6.03. The molecule has 37 heavy (non-hydrogen) atoms. The van der Waals surface area contributed by atoms with Crippen molar-refractivity contribution in [2.24, 2.45) is 7.05 Å². The Morgan fingerprint density at radius 3 is 2.68 bits per heavy atom. The number of fused-ring (bicyclic) bond motifs is 1. The Kier molecular flexibility index (Phi) is 5.77. The first kappa shape index (κ1) is 22.4. The molecule has 5 heterocycles. The molecule has 6 rings (SSSR count). The van der Waals surface area contributed by atoms with Crippen LogP contribution in [0.15, 0.2) is 73.4 Å². The van der Waals surface area contributed by atoms with E-state index in [2.05, 4.69) is 40.9 Å². The maximum atomic E-state index is 12.9. The van der Waals surface area contributed by atoms with Crippen LogP contribution >= 0.6 is 0 Å². The molecular weight excluding hydrogens is 468 g/mol. The summed E-state index contributed by atoms with van der Waals surface area (Å²) in [6.07, 6.45) is 9.28. The molecule has 0 atom stereocenters. The van der Waals surface area contributed by atoms with Gasteiger partial charge in [0, 0.05) is 42.9 Å². The van der Waals surface area contributed by atoms with Gasteiger partial charge in [-0.3, -0.25) is 9.89 Å². The number of hydrogen-bond acceptors (Lipinski definition) is 8. The Balaban J connectivity index is 1.16. The minimum absolute atomic E-state index is 0.183. The van der Waals surface area contributed by atoms with Gasteiger partial charge < -0.3 is 20.1 Å². The average molecular weight is 493 g/mol. The van der Waals surface area contributed by atoms with Crippen molar-refractivity contribution in [2.45, 2.75) is 13.0 Å². The van der Waals surface area contributed by atoms with E-state index in [4.69, 9.17) is 4.98 Å². The van der Waals surface area contributed by atoms with Crippen LogP contribution in [0, 0.1) is 0 Å². The van der Waals surface area contributed by atoms with E-state index in [9.17, 15) is 4.79 Å². The number of nitrogens with zero attached hydrogens (tertiary/aromatic N) is 7. The standard InChI is InChI=1S/C26H24N10O/c1-35-22(25(37)33-21-6-10-28-31-15-21)12-18-8-11-36(16-23(18)35)26-27-9-7-24(34-26)32-20-4-2-17(3-5-20)19-13-29-30-14-19/h2-7,9-10,12-15H,8,11,16H2,1H3,(H,29,30)(H,27,32,34)(H,28,33,37). The summed E-state index contributed by atoms with van der Waals surface area (Å²) in [4.78, 5) is 24.3. The van der Waals surface area contributed by atoms with E-state index in [1.165, 1.54) is 6.20 Å². The van der Waals surface area contributed by atoms with Gasteiger partial charge in [-0.15, -0.1) is 0 Å². The van der Waals surface area contributed by atoms with Gasteiger partial charge in [0.25, 0.3) is 5.91 Å². The van der Waals surface area contributed by atoms with Crippen molar-refractivity contribution in [3.8, 4) is 11.1 Å². The summed E-state index contributed by atoms with van der Waals surface area (Å²) in [7, 11) is 1.91. The molecule has 11 heteroatoms. The Bertz CT molecular complexity index is 1530. The van der Waals surface area contributed by atoms with E-state index < -0.39 is 0 Å². The van der Waals surface area contributed by atoms with E-state index in [-0.39, 0.29) is 5.91 Å². The van der Waals surface area contributed by atoms with Crippen molar-refractivity contribution in [1.29, 1.82) is 0 Å². The lowest BCUT2D eigenvalue weighted by Gasteiger charge is -2.28. The van der Waals surface area contributed by atoms with Crippen LogP contribution in [0.1, 0.15) is 21.7 Å². The second kappa shape index (κ2) is 9.53. The summed E-state index contributed by atoms with van der Waals surface area (Å²) in [5.41, 5.74) is 6.48. The third-order valence-corrected chi connectivity index (χ3v) is 6.43. The number of aromatic amines is 1. The monoisotopic (exact) mass is 492 g/mol. The number of carbonyl (C=O) groups is 1. The second-order valence-corrected chi connectivity index (χ2v) is 8.75. The molecule has 1 aromatic carbocycles. The van der Waals surface area contributed by atoms with E-state index in [0.29, 0.717) is 29.7 Å². The smallest absolute Gasteiger partial charge is 0.272 e. The number of hydrogen-bond donors (Lipinski definition) is 3. The lowest BCUT2D eigenvalue weighted by molar-refractivity contribution is 0.101. The molecule has 3 N–H and O–H groups in total. The fourth-order valence-corrected chi connectivity index (χ4v) is 4.47. The van der Waals surface area contributed by atoms with Crippen molar-refractivity contribution in [2.75, 3.05) is 22.1 Å². The summed E-state index contributed by atoms with van der Waals surface area (Å²) in [5, 5.41) is 20.6. The van der Waals surface area contributed by atoms with Crippen molar-refractivity contribution in [1.82, 2.24) is 34.9 Å². The average Bonchev–Trinajstić information content (AvgIpc) is 3.58. The van der Waals surface area contributed by atoms with E-state index in [1.54, 1.807) is 24.7 Å². The lowest BCUT2D eigenvalue weighted by Crippen LogP contribution is -2.32. The van der Waals surface area contributed by atoms with Crippen LogP contribution in [0.3, 0.4) is 0 Å². The van der Waals surface area contributed by atoms with Crippen LogP contribution in [-0.4, -0.2) is 47.4 Å². The Morgan fingerprint density at radius 2 is 1.89 bits per heavy atom. The third kappa shape index (κ3) is 4.61. The molecule has 0 bridgehead atoms. The van der Waals surface area contributed by atoms with Crippen LogP contribution in [-0.2, 0) is 20.0 Å². The number of amides is 1. The summed E-state index contributed by atoms with van der Waals surface area (Å²) in [6.45, 7) is 1.37. The van der Waals surface area contributed by atoms with E-state index in [0.717, 1.165) is 41.0 Å². The van der Waals surface area contributed by atoms with E-state index >= 15 is 0 Å². The van der Waals surface area contributed by atoms with Crippen molar-refractivity contribution >= 4 is 29.0 Å². The molecule has 0 fully saturated rings. The van der Waals surface area contributed by atoms with Gasteiger partial charge in [0.15, 0.2) is 0 Å². The predicted octanol–water partition coefficient (Wildman–Crippen LogP) is 3.55. The zero-order chi connectivity index (χ0) is 25.2. The van der Waals surface area contributed by atoms with Gasteiger partial charge in [-0.1, -0.05) is 12.1 Å². The molecule has 0 unspecified atom stereocenters. The number of nitrogens with one attached hydrogen (secondary N) is 3. The largest absolute Gasteiger partial charge is 0.342 e. The highest BCUT2D eigenvalue weighted by Crippen LogP contribution is 2.27. The normalized spacial score (nSPS) is 12.7. The minimum Gasteiger partial charge on any atom is -0.342 e. The fraction of sp³-hybridized carbons (Fsp3) is 0.154. The number of carbonyl (C=O) groups excluding carboxylic acids is 1. The molecule has 0 radical (unpaired) electrons. The number of aromatic nitrogens is 7. The Hall–Kier alpha value is -5.06. The van der Waals surface area contributed by atoms with Gasteiger partial charge in [0.05, 0.1) is 30.8 Å². The number of H-pyrrole nitrogens is 1. The van der Waals surface area contributed by atoms with Crippen LogP contribution in [0.5, 0.6) is 0 Å². The summed E-state index contributed by atoms with van der Waals surface area (Å²) < 4.78 is 1.94. The van der Waals surface area contributed by atoms with Crippen LogP contribution in [0.2, 0.25) is 0 Å². The van der Waals surface area contributed by atoms with Crippen molar-refractivity contribution in [3.63, 3.8) is 0 Å². The van der Waals surface area contributed by atoms with Crippen LogP contribution in [0.4, 0.5) is 23.1 Å². The molecule has 0 saturated heterocycles. The first-order valence-electron chi connectivity index (χ1n) is 11.8. The predicted molar refractivity (Wildman–Crippen MR) is 139 cm³/mol. The van der Waals surface area contributed by atoms with Gasteiger partial charge in [-0.2, -0.15) is 20.3 Å². The van der Waals surface area contributed by atoms with Gasteiger partial charge >= 0.3 is 0 Å². The van der Waals surface area contributed by atoms with Crippen molar-refractivity contribution < 1.29 is 4.79 Å². The SMILES string of the molecule is Cn1c(C(=O)Nc2ccnnc2)cc2c1CN(c1nccc(Nc3ccc(-c4cn[nH]c4)cc3)n1)CC2. The molecule has 0 spiro atoms. The first-order valence-corrected chi connectivity index (χ1v) is 11.8. The summed E-state index contributed by atoms with van der Waals surface area (Å²) in [6, 6.07) is 13.6. The maximum absolute atomic E-state index is 12.9. The van der Waals surface area contributed by atoms with Gasteiger partial charge in [-0.25, -0.2) is 4.98 Å². The number of benzene rings is 1. The van der Waals surface area contributed by atoms with Gasteiger partial charge in [0.1, 0.15) is 11.5 Å². The molecule has 11 nitrogen and oxygen atoms in total. The molecule has 1 aliphatic rings. The summed E-state index contributed by atoms with van der Waals surface area (Å²) in [5.74, 6) is 1.17. The Labute approximate surface area is 212 Å². The van der Waals surface area contributed by atoms with Gasteiger partial charge in [-0.05, 0) is 47.9 Å². The Morgan fingerprint density at radius 1 is 1.00 bits per heavy atom. The van der Waals surface area contributed by atoms with E-state index in [1.807, 2.05) is 54.2 Å². The topological polar surface area (TPSA) is 130 Å². The molecular formula is C26H24N10O. The number of rotatable bonds is 6. The molecule has 0 saturated carbocycles. The molecule has 5 aromatic rings. The fourth-order valence-electron chi connectivity index (χ4n) is 4.47. The minimum atomic E-state index is -0.183. The van der Waals surface area contributed by atoms with Crippen molar-refractivity contribution in [3.05, 3.63) is 90.4 Å². The van der Waals surface area contributed by atoms with Crippen LogP contribution < -0.4 is 15.5 Å².